The van der Waals surface area contributed by atoms with Crippen LogP contribution in [-0.2, 0) is 4.79 Å². The number of rotatable bonds is 2. The molecule has 1 aromatic carbocycles. The Kier molecular flexibility index (Phi) is 4.35. The van der Waals surface area contributed by atoms with Crippen molar-refractivity contribution >= 4 is 27.5 Å². The van der Waals surface area contributed by atoms with Gasteiger partial charge in [-0.2, -0.15) is 0 Å². The fourth-order valence-electron chi connectivity index (χ4n) is 2.20. The number of benzene rings is 1. The quantitative estimate of drug-likeness (QED) is 0.881. The molecular formula is C13H16BrFN2O. The summed E-state index contributed by atoms with van der Waals surface area (Å²) in [6, 6.07) is 4.86. The lowest BCUT2D eigenvalue weighted by Gasteiger charge is -2.27. The van der Waals surface area contributed by atoms with Gasteiger partial charge in [0.2, 0.25) is 5.91 Å². The average molecular weight is 315 g/mol. The highest BCUT2D eigenvalue weighted by atomic mass is 79.9. The zero-order chi connectivity index (χ0) is 13.1. The Bertz CT molecular complexity index is 453. The van der Waals surface area contributed by atoms with Crippen molar-refractivity contribution in [3.63, 3.8) is 0 Å². The molecule has 0 unspecified atom stereocenters. The van der Waals surface area contributed by atoms with Crippen molar-refractivity contribution in [3.8, 4) is 0 Å². The van der Waals surface area contributed by atoms with E-state index in [-0.39, 0.29) is 17.5 Å². The molecule has 0 aromatic heterocycles. The van der Waals surface area contributed by atoms with E-state index in [0.29, 0.717) is 6.04 Å². The number of hydrogen-bond donors (Lipinski definition) is 2. The van der Waals surface area contributed by atoms with E-state index in [1.807, 2.05) is 0 Å². The zero-order valence-corrected chi connectivity index (χ0v) is 11.8. The summed E-state index contributed by atoms with van der Waals surface area (Å²) >= 11 is 3.26. The molecule has 98 valence electrons. The van der Waals surface area contributed by atoms with Crippen LogP contribution in [0, 0.1) is 11.7 Å². The first-order valence-electron chi connectivity index (χ1n) is 6.05. The van der Waals surface area contributed by atoms with E-state index in [9.17, 15) is 9.18 Å². The van der Waals surface area contributed by atoms with Gasteiger partial charge in [-0.25, -0.2) is 4.39 Å². The van der Waals surface area contributed by atoms with Crippen LogP contribution in [0.3, 0.4) is 0 Å². The molecule has 1 heterocycles. The highest BCUT2D eigenvalue weighted by molar-refractivity contribution is 9.10. The summed E-state index contributed by atoms with van der Waals surface area (Å²) in [6.45, 7) is 2.89. The topological polar surface area (TPSA) is 41.1 Å². The number of carbonyl (C=O) groups excluding carboxylic acids is 1. The minimum Gasteiger partial charge on any atom is -0.323 e. The summed E-state index contributed by atoms with van der Waals surface area (Å²) in [5, 5.41) is 5.96. The van der Waals surface area contributed by atoms with Crippen molar-refractivity contribution in [1.29, 1.82) is 0 Å². The number of anilines is 1. The molecule has 0 spiro atoms. The molecule has 0 radical (unpaired) electrons. The van der Waals surface area contributed by atoms with Crippen molar-refractivity contribution in [3.05, 3.63) is 28.5 Å². The van der Waals surface area contributed by atoms with Crippen LogP contribution in [0.4, 0.5) is 10.1 Å². The van der Waals surface area contributed by atoms with Gasteiger partial charge in [-0.05, 0) is 44.5 Å². The Morgan fingerprint density at radius 2 is 2.33 bits per heavy atom. The Morgan fingerprint density at radius 1 is 1.56 bits per heavy atom. The third-order valence-electron chi connectivity index (χ3n) is 3.18. The maximum Gasteiger partial charge on any atom is 0.227 e. The van der Waals surface area contributed by atoms with E-state index in [2.05, 4.69) is 33.5 Å². The van der Waals surface area contributed by atoms with Crippen molar-refractivity contribution in [1.82, 2.24) is 5.32 Å². The summed E-state index contributed by atoms with van der Waals surface area (Å²) in [5.74, 6) is -0.548. The highest BCUT2D eigenvalue weighted by Crippen LogP contribution is 2.23. The number of amides is 1. The van der Waals surface area contributed by atoms with Gasteiger partial charge in [0.1, 0.15) is 5.82 Å². The Morgan fingerprint density at radius 3 is 3.06 bits per heavy atom. The van der Waals surface area contributed by atoms with Crippen LogP contribution in [0.15, 0.2) is 22.7 Å². The molecule has 2 N–H and O–H groups in total. The largest absolute Gasteiger partial charge is 0.323 e. The van der Waals surface area contributed by atoms with Crippen LogP contribution >= 0.6 is 15.9 Å². The van der Waals surface area contributed by atoms with Gasteiger partial charge in [0.15, 0.2) is 0 Å². The molecule has 2 rings (SSSR count). The highest BCUT2D eigenvalue weighted by Gasteiger charge is 2.25. The molecule has 0 saturated carbocycles. The van der Waals surface area contributed by atoms with Gasteiger partial charge < -0.3 is 10.6 Å². The first kappa shape index (κ1) is 13.5. The van der Waals surface area contributed by atoms with Crippen LogP contribution in [0.1, 0.15) is 19.8 Å². The number of carbonyl (C=O) groups is 1. The smallest absolute Gasteiger partial charge is 0.227 e. The second-order valence-electron chi connectivity index (χ2n) is 4.69. The zero-order valence-electron chi connectivity index (χ0n) is 10.2. The number of piperidine rings is 1. The first-order valence-corrected chi connectivity index (χ1v) is 6.85. The van der Waals surface area contributed by atoms with Gasteiger partial charge in [0.25, 0.3) is 0 Å². The number of halogens is 2. The van der Waals surface area contributed by atoms with Gasteiger partial charge in [-0.15, -0.1) is 0 Å². The van der Waals surface area contributed by atoms with Crippen molar-refractivity contribution in [2.75, 3.05) is 11.9 Å². The summed E-state index contributed by atoms with van der Waals surface area (Å²) in [4.78, 5) is 12.1. The molecule has 1 saturated heterocycles. The lowest BCUT2D eigenvalue weighted by molar-refractivity contribution is -0.120. The lowest BCUT2D eigenvalue weighted by Crippen LogP contribution is -2.40. The van der Waals surface area contributed by atoms with Crippen LogP contribution in [-0.4, -0.2) is 18.5 Å². The molecule has 1 aromatic rings. The minimum absolute atomic E-state index is 0.0420. The van der Waals surface area contributed by atoms with Gasteiger partial charge in [-0.3, -0.25) is 4.79 Å². The average Bonchev–Trinajstić information content (AvgIpc) is 2.34. The third-order valence-corrected chi connectivity index (χ3v) is 3.67. The second kappa shape index (κ2) is 5.80. The summed E-state index contributed by atoms with van der Waals surface area (Å²) < 4.78 is 14.3. The van der Waals surface area contributed by atoms with E-state index in [4.69, 9.17) is 0 Å². The third kappa shape index (κ3) is 3.29. The molecule has 1 fully saturated rings. The van der Waals surface area contributed by atoms with E-state index in [1.165, 1.54) is 6.07 Å². The molecule has 5 heteroatoms. The second-order valence-corrected chi connectivity index (χ2v) is 5.61. The molecule has 1 aliphatic heterocycles. The minimum atomic E-state index is -0.409. The molecule has 3 nitrogen and oxygen atoms in total. The van der Waals surface area contributed by atoms with Crippen LogP contribution in [0.2, 0.25) is 0 Å². The number of nitrogens with one attached hydrogen (secondary N) is 2. The normalized spacial score (nSPS) is 23.7. The molecule has 18 heavy (non-hydrogen) atoms. The predicted octanol–water partition coefficient (Wildman–Crippen LogP) is 2.91. The fraction of sp³-hybridized carbons (Fsp3) is 0.462. The van der Waals surface area contributed by atoms with Crippen LogP contribution in [0.25, 0.3) is 0 Å². The van der Waals surface area contributed by atoms with Crippen molar-refractivity contribution in [2.24, 2.45) is 5.92 Å². The maximum absolute atomic E-state index is 13.5. The van der Waals surface area contributed by atoms with Gasteiger partial charge in [0, 0.05) is 16.4 Å². The monoisotopic (exact) mass is 314 g/mol. The Hall–Kier alpha value is -0.940. The van der Waals surface area contributed by atoms with E-state index in [1.54, 1.807) is 12.1 Å². The standard InChI is InChI=1S/C13H16BrFN2O/c1-8-6-9(4-5-16-8)13(18)17-12-7-10(14)2-3-11(12)15/h2-3,7-9,16H,4-6H2,1H3,(H,17,18)/t8-,9-/m0/s1. The SMILES string of the molecule is C[C@H]1C[C@@H](C(=O)Nc2cc(Br)ccc2F)CCN1. The molecule has 1 amide bonds. The Balaban J connectivity index is 2.04. The van der Waals surface area contributed by atoms with Gasteiger partial charge >= 0.3 is 0 Å². The van der Waals surface area contributed by atoms with E-state index < -0.39 is 5.82 Å². The molecule has 2 atom stereocenters. The van der Waals surface area contributed by atoms with E-state index in [0.717, 1.165) is 23.9 Å². The lowest BCUT2D eigenvalue weighted by atomic mass is 9.92. The maximum atomic E-state index is 13.5. The fourth-order valence-corrected chi connectivity index (χ4v) is 2.56. The van der Waals surface area contributed by atoms with Crippen molar-refractivity contribution in [2.45, 2.75) is 25.8 Å². The first-order chi connectivity index (χ1) is 8.56. The molecular weight excluding hydrogens is 299 g/mol. The summed E-state index contributed by atoms with van der Waals surface area (Å²) in [6.07, 6.45) is 1.59. The van der Waals surface area contributed by atoms with Gasteiger partial charge in [-0.1, -0.05) is 15.9 Å². The summed E-state index contributed by atoms with van der Waals surface area (Å²) in [7, 11) is 0. The molecule has 0 aliphatic carbocycles. The summed E-state index contributed by atoms with van der Waals surface area (Å²) in [5.41, 5.74) is 0.237. The van der Waals surface area contributed by atoms with Crippen LogP contribution < -0.4 is 10.6 Å². The molecule has 1 aliphatic rings. The van der Waals surface area contributed by atoms with E-state index >= 15 is 0 Å². The van der Waals surface area contributed by atoms with Crippen molar-refractivity contribution < 1.29 is 9.18 Å². The van der Waals surface area contributed by atoms with Crippen LogP contribution in [0.5, 0.6) is 0 Å². The molecule has 0 bridgehead atoms. The van der Waals surface area contributed by atoms with Gasteiger partial charge in [0.05, 0.1) is 5.69 Å². The Labute approximate surface area is 114 Å². The number of hydrogen-bond acceptors (Lipinski definition) is 2. The predicted molar refractivity (Wildman–Crippen MR) is 72.9 cm³/mol.